The van der Waals surface area contributed by atoms with Crippen molar-refractivity contribution >= 4 is 21.8 Å². The van der Waals surface area contributed by atoms with Gasteiger partial charge in [0.25, 0.3) is 0 Å². The lowest BCUT2D eigenvalue weighted by atomic mass is 10.1. The average Bonchev–Trinajstić information content (AvgIpc) is 3.44. The highest BCUT2D eigenvalue weighted by Gasteiger charge is 2.24. The van der Waals surface area contributed by atoms with Gasteiger partial charge in [0.15, 0.2) is 0 Å². The lowest BCUT2D eigenvalue weighted by Crippen LogP contribution is -2.16. The van der Waals surface area contributed by atoms with Gasteiger partial charge in [-0.05, 0) is 39.1 Å². The second-order valence-corrected chi connectivity index (χ2v) is 7.96. The first kappa shape index (κ1) is 19.9. The van der Waals surface area contributed by atoms with E-state index in [0.717, 1.165) is 58.3 Å². The number of aryl methyl sites for hydroxylation is 2. The smallest absolute Gasteiger partial charge is 0.331 e. The second-order valence-electron chi connectivity index (χ2n) is 7.96. The van der Waals surface area contributed by atoms with Gasteiger partial charge in [-0.25, -0.2) is 4.79 Å². The Kier molecular flexibility index (Phi) is 4.92. The zero-order valence-corrected chi connectivity index (χ0v) is 18.1. The van der Waals surface area contributed by atoms with Crippen LogP contribution in [0.25, 0.3) is 38.8 Å². The molecule has 0 saturated heterocycles. The summed E-state index contributed by atoms with van der Waals surface area (Å²) in [7, 11) is 1.94. The van der Waals surface area contributed by atoms with Crippen molar-refractivity contribution in [1.82, 2.24) is 24.4 Å². The Morgan fingerprint density at radius 1 is 1.06 bits per heavy atom. The van der Waals surface area contributed by atoms with Crippen LogP contribution in [0.15, 0.2) is 59.5 Å². The number of H-pyrrole nitrogens is 2. The predicted molar refractivity (Wildman–Crippen MR) is 127 cm³/mol. The van der Waals surface area contributed by atoms with Crippen molar-refractivity contribution in [3.63, 3.8) is 0 Å². The molecule has 5 rings (SSSR count). The summed E-state index contributed by atoms with van der Waals surface area (Å²) in [4.78, 5) is 19.3. The third-order valence-corrected chi connectivity index (χ3v) is 5.96. The molecule has 0 aliphatic heterocycles. The summed E-state index contributed by atoms with van der Waals surface area (Å²) in [5.41, 5.74) is 5.07. The molecule has 7 nitrogen and oxygen atoms in total. The zero-order chi connectivity index (χ0) is 22.2. The van der Waals surface area contributed by atoms with Gasteiger partial charge in [-0.3, -0.25) is 9.55 Å². The van der Waals surface area contributed by atoms with Crippen LogP contribution in [0.1, 0.15) is 17.8 Å². The molecule has 7 heteroatoms. The van der Waals surface area contributed by atoms with Crippen molar-refractivity contribution in [1.29, 1.82) is 5.26 Å². The van der Waals surface area contributed by atoms with E-state index >= 15 is 0 Å². The van der Waals surface area contributed by atoms with Crippen LogP contribution < -0.4 is 11.0 Å². The van der Waals surface area contributed by atoms with Crippen molar-refractivity contribution in [2.45, 2.75) is 19.9 Å². The number of hydrogen-bond acceptors (Lipinski definition) is 3. The van der Waals surface area contributed by atoms with Crippen LogP contribution in [-0.2, 0) is 6.54 Å². The minimum absolute atomic E-state index is 0.262. The van der Waals surface area contributed by atoms with Gasteiger partial charge >= 0.3 is 5.69 Å². The molecule has 0 aliphatic carbocycles. The van der Waals surface area contributed by atoms with Crippen LogP contribution in [0.3, 0.4) is 0 Å². The molecule has 2 aromatic carbocycles. The van der Waals surface area contributed by atoms with E-state index in [0.29, 0.717) is 5.69 Å². The number of fused-ring (bicyclic) bond motifs is 2. The number of nitrogens with one attached hydrogen (secondary N) is 3. The predicted octanol–water partition coefficient (Wildman–Crippen LogP) is 4.06. The van der Waals surface area contributed by atoms with Gasteiger partial charge in [-0.1, -0.05) is 36.4 Å². The molecule has 3 N–H and O–H groups in total. The van der Waals surface area contributed by atoms with E-state index in [1.54, 1.807) is 4.57 Å². The van der Waals surface area contributed by atoms with Gasteiger partial charge in [0.1, 0.15) is 11.8 Å². The molecule has 0 bridgehead atoms. The Morgan fingerprint density at radius 3 is 2.59 bits per heavy atom. The fourth-order valence-electron chi connectivity index (χ4n) is 4.58. The second kappa shape index (κ2) is 7.91. The molecule has 0 radical (unpaired) electrons. The highest BCUT2D eigenvalue weighted by Crippen LogP contribution is 2.35. The van der Waals surface area contributed by atoms with Gasteiger partial charge in [-0.15, -0.1) is 0 Å². The van der Waals surface area contributed by atoms with E-state index in [1.807, 2.05) is 56.4 Å². The van der Waals surface area contributed by atoms with Crippen molar-refractivity contribution in [3.05, 3.63) is 76.6 Å². The minimum Gasteiger partial charge on any atom is -0.357 e. The Hall–Kier alpha value is -4.02. The highest BCUT2D eigenvalue weighted by molar-refractivity contribution is 5.98. The van der Waals surface area contributed by atoms with Crippen LogP contribution in [0, 0.1) is 18.3 Å². The lowest BCUT2D eigenvalue weighted by molar-refractivity contribution is 0.627. The summed E-state index contributed by atoms with van der Waals surface area (Å²) in [6.07, 6.45) is 3.03. The third kappa shape index (κ3) is 3.04. The topological polar surface area (TPSA) is 94.3 Å². The molecule has 5 aromatic rings. The molecule has 0 unspecified atom stereocenters. The fourth-order valence-corrected chi connectivity index (χ4v) is 4.58. The number of imidazole rings is 1. The van der Waals surface area contributed by atoms with E-state index in [9.17, 15) is 10.1 Å². The third-order valence-electron chi connectivity index (χ3n) is 5.96. The Morgan fingerprint density at radius 2 is 1.81 bits per heavy atom. The van der Waals surface area contributed by atoms with E-state index < -0.39 is 0 Å². The van der Waals surface area contributed by atoms with Gasteiger partial charge < -0.3 is 14.9 Å². The first-order chi connectivity index (χ1) is 15.6. The molecule has 32 heavy (non-hydrogen) atoms. The average molecular weight is 425 g/mol. The van der Waals surface area contributed by atoms with Crippen LogP contribution in [0.2, 0.25) is 0 Å². The molecule has 0 amide bonds. The maximum atomic E-state index is 13.2. The summed E-state index contributed by atoms with van der Waals surface area (Å²) in [5, 5.41) is 15.0. The van der Waals surface area contributed by atoms with E-state index in [4.69, 9.17) is 0 Å². The molecule has 0 saturated carbocycles. The summed E-state index contributed by atoms with van der Waals surface area (Å²) in [6, 6.07) is 18.2. The molecule has 3 aromatic heterocycles. The number of nitriles is 1. The molecule has 160 valence electrons. The molecule has 0 spiro atoms. The van der Waals surface area contributed by atoms with E-state index in [2.05, 4.69) is 38.2 Å². The number of benzene rings is 2. The highest BCUT2D eigenvalue weighted by atomic mass is 16.1. The Bertz CT molecular complexity index is 1540. The lowest BCUT2D eigenvalue weighted by Gasteiger charge is -2.08. The van der Waals surface area contributed by atoms with Gasteiger partial charge in [-0.2, -0.15) is 5.26 Å². The minimum atomic E-state index is -0.323. The Labute approximate surface area is 184 Å². The van der Waals surface area contributed by atoms with Crippen molar-refractivity contribution in [2.24, 2.45) is 0 Å². The van der Waals surface area contributed by atoms with Crippen LogP contribution >= 0.6 is 0 Å². The number of hydrogen-bond donors (Lipinski definition) is 3. The van der Waals surface area contributed by atoms with Gasteiger partial charge in [0, 0.05) is 45.8 Å². The standard InChI is InChI=1S/C25H24N6O/c1-16-23(18-9-3-5-10-20(18)28-16)31-24(21(14-26)29-25(31)32)19-15-30(13-7-12-27-2)22-11-6-4-8-17(19)22/h3-6,8-11,15,27-28H,7,12-13H2,1-2H3,(H,29,32). The van der Waals surface area contributed by atoms with Crippen molar-refractivity contribution in [3.8, 4) is 23.0 Å². The fraction of sp³-hybridized carbons (Fsp3) is 0.200. The van der Waals surface area contributed by atoms with Gasteiger partial charge in [0.2, 0.25) is 0 Å². The van der Waals surface area contributed by atoms with E-state index in [1.165, 1.54) is 0 Å². The number of aromatic amines is 2. The largest absolute Gasteiger partial charge is 0.357 e. The monoisotopic (exact) mass is 424 g/mol. The number of para-hydroxylation sites is 2. The molecule has 3 heterocycles. The SMILES string of the molecule is CNCCCn1cc(-c2c(C#N)[nH]c(=O)n2-c2c(C)[nH]c3ccccc23)c2ccccc21. The van der Waals surface area contributed by atoms with Crippen LogP contribution in [0.4, 0.5) is 0 Å². The molecule has 0 aliphatic rings. The first-order valence-corrected chi connectivity index (χ1v) is 10.7. The summed E-state index contributed by atoms with van der Waals surface area (Å²) in [6.45, 7) is 3.70. The molecule has 0 atom stereocenters. The number of aromatic nitrogens is 4. The quantitative estimate of drug-likeness (QED) is 0.359. The van der Waals surface area contributed by atoms with Crippen molar-refractivity contribution < 1.29 is 0 Å². The molecule has 0 fully saturated rings. The summed E-state index contributed by atoms with van der Waals surface area (Å²) < 4.78 is 3.85. The number of rotatable bonds is 6. The zero-order valence-electron chi connectivity index (χ0n) is 18.1. The Balaban J connectivity index is 1.81. The normalized spacial score (nSPS) is 11.4. The van der Waals surface area contributed by atoms with Gasteiger partial charge in [0.05, 0.1) is 11.4 Å². The molecular formula is C25H24N6O. The van der Waals surface area contributed by atoms with Crippen LogP contribution in [0.5, 0.6) is 0 Å². The molecular weight excluding hydrogens is 400 g/mol. The number of nitrogens with zero attached hydrogens (tertiary/aromatic N) is 3. The maximum absolute atomic E-state index is 13.2. The van der Waals surface area contributed by atoms with Crippen molar-refractivity contribution in [2.75, 3.05) is 13.6 Å². The maximum Gasteiger partial charge on any atom is 0.331 e. The first-order valence-electron chi connectivity index (χ1n) is 10.7. The summed E-state index contributed by atoms with van der Waals surface area (Å²) in [5.74, 6) is 0. The van der Waals surface area contributed by atoms with E-state index in [-0.39, 0.29) is 11.4 Å². The van der Waals surface area contributed by atoms with Crippen LogP contribution in [-0.4, -0.2) is 32.7 Å². The summed E-state index contributed by atoms with van der Waals surface area (Å²) >= 11 is 0.